The molecule has 28 heavy (non-hydrogen) atoms. The number of ether oxygens (including phenoxy) is 1. The van der Waals surface area contributed by atoms with Crippen LogP contribution in [0.15, 0.2) is 36.4 Å². The van der Waals surface area contributed by atoms with Gasteiger partial charge in [-0.15, -0.1) is 13.2 Å². The normalized spacial score (nSPS) is 13.6. The van der Waals surface area contributed by atoms with E-state index in [1.165, 1.54) is 12.1 Å². The molecule has 0 aromatic heterocycles. The van der Waals surface area contributed by atoms with Gasteiger partial charge in [0.2, 0.25) is 0 Å². The number of carboxylic acids is 1. The molecule has 0 aliphatic carbocycles. The third-order valence-corrected chi connectivity index (χ3v) is 4.57. The fourth-order valence-corrected chi connectivity index (χ4v) is 3.28. The molecule has 5 nitrogen and oxygen atoms in total. The van der Waals surface area contributed by atoms with Gasteiger partial charge in [0.15, 0.2) is 0 Å². The molecular weight excluding hydrogens is 373 g/mol. The van der Waals surface area contributed by atoms with Gasteiger partial charge in [-0.05, 0) is 41.7 Å². The van der Waals surface area contributed by atoms with E-state index in [0.29, 0.717) is 31.6 Å². The van der Waals surface area contributed by atoms with Gasteiger partial charge in [-0.3, -0.25) is 4.79 Å². The molecule has 0 unspecified atom stereocenters. The molecule has 1 heterocycles. The van der Waals surface area contributed by atoms with E-state index >= 15 is 0 Å². The summed E-state index contributed by atoms with van der Waals surface area (Å²) >= 11 is 0. The van der Waals surface area contributed by atoms with Crippen LogP contribution in [0.5, 0.6) is 5.75 Å². The predicted molar refractivity (Wildman–Crippen MR) is 95.0 cm³/mol. The third-order valence-electron chi connectivity index (χ3n) is 4.57. The molecule has 2 aromatic carbocycles. The van der Waals surface area contributed by atoms with Gasteiger partial charge < -0.3 is 14.7 Å². The van der Waals surface area contributed by atoms with Gasteiger partial charge in [0.1, 0.15) is 11.8 Å². The number of benzene rings is 2. The molecule has 1 N–H and O–H groups in total. The second-order valence-electron chi connectivity index (χ2n) is 6.51. The van der Waals surface area contributed by atoms with Crippen LogP contribution < -0.4 is 9.64 Å². The number of aryl methyl sites for hydroxylation is 1. The Morgan fingerprint density at radius 2 is 2.00 bits per heavy atom. The highest BCUT2D eigenvalue weighted by Crippen LogP contribution is 2.32. The first-order valence-electron chi connectivity index (χ1n) is 8.62. The van der Waals surface area contributed by atoms with Crippen LogP contribution in [-0.4, -0.2) is 24.0 Å². The number of carbonyl (C=O) groups is 1. The predicted octanol–water partition coefficient (Wildman–Crippen LogP) is 4.04. The maximum atomic E-state index is 12.5. The molecular formula is C20H17F3N2O3. The highest BCUT2D eigenvalue weighted by molar-refractivity contribution is 5.67. The van der Waals surface area contributed by atoms with E-state index in [4.69, 9.17) is 5.11 Å². The molecule has 1 aliphatic heterocycles. The van der Waals surface area contributed by atoms with Gasteiger partial charge in [-0.1, -0.05) is 18.2 Å². The van der Waals surface area contributed by atoms with E-state index in [1.54, 1.807) is 0 Å². The van der Waals surface area contributed by atoms with Crippen molar-refractivity contribution in [3.63, 3.8) is 0 Å². The van der Waals surface area contributed by atoms with E-state index in [-0.39, 0.29) is 17.7 Å². The largest absolute Gasteiger partial charge is 0.573 e. The van der Waals surface area contributed by atoms with E-state index in [2.05, 4.69) is 4.74 Å². The van der Waals surface area contributed by atoms with Crippen molar-refractivity contribution in [1.29, 1.82) is 5.26 Å². The molecule has 0 saturated carbocycles. The Morgan fingerprint density at radius 1 is 1.21 bits per heavy atom. The summed E-state index contributed by atoms with van der Waals surface area (Å²) in [5.74, 6) is -1.22. The van der Waals surface area contributed by atoms with E-state index < -0.39 is 12.3 Å². The minimum atomic E-state index is -4.80. The number of rotatable bonds is 5. The monoisotopic (exact) mass is 390 g/mol. The van der Waals surface area contributed by atoms with Crippen molar-refractivity contribution in [3.05, 3.63) is 58.7 Å². The van der Waals surface area contributed by atoms with Crippen molar-refractivity contribution in [2.75, 3.05) is 11.4 Å². The first-order valence-corrected chi connectivity index (χ1v) is 8.62. The lowest BCUT2D eigenvalue weighted by molar-refractivity contribution is -0.274. The lowest BCUT2D eigenvalue weighted by Crippen LogP contribution is -2.31. The standard InChI is InChI=1S/C20H17F3N2O3/c21-20(22,23)28-17-5-4-15(11-24)18(10-17)25-8-7-14-9-13(2-6-19(26)27)1-3-16(14)12-25/h1,3-5,9-10H,2,6-8,12H2,(H,26,27). The highest BCUT2D eigenvalue weighted by Gasteiger charge is 2.31. The Bertz CT molecular complexity index is 935. The minimum Gasteiger partial charge on any atom is -0.481 e. The second-order valence-corrected chi connectivity index (χ2v) is 6.51. The second kappa shape index (κ2) is 7.80. The summed E-state index contributed by atoms with van der Waals surface area (Å²) in [5.41, 5.74) is 3.69. The van der Waals surface area contributed by atoms with Gasteiger partial charge in [0.05, 0.1) is 11.3 Å². The molecule has 0 saturated heterocycles. The average molecular weight is 390 g/mol. The Morgan fingerprint density at radius 3 is 2.68 bits per heavy atom. The molecule has 0 fully saturated rings. The van der Waals surface area contributed by atoms with E-state index in [0.717, 1.165) is 22.8 Å². The maximum Gasteiger partial charge on any atom is 0.573 e. The van der Waals surface area contributed by atoms with Gasteiger partial charge in [0, 0.05) is 25.6 Å². The van der Waals surface area contributed by atoms with Crippen LogP contribution in [0.1, 0.15) is 28.7 Å². The molecule has 146 valence electrons. The smallest absolute Gasteiger partial charge is 0.481 e. The summed E-state index contributed by atoms with van der Waals surface area (Å²) < 4.78 is 41.5. The Hall–Kier alpha value is -3.21. The molecule has 0 spiro atoms. The number of nitrogens with zero attached hydrogens (tertiary/aromatic N) is 2. The summed E-state index contributed by atoms with van der Waals surface area (Å²) in [6.45, 7) is 0.970. The van der Waals surface area contributed by atoms with Gasteiger partial charge in [0.25, 0.3) is 0 Å². The van der Waals surface area contributed by atoms with Crippen molar-refractivity contribution in [2.24, 2.45) is 0 Å². The topological polar surface area (TPSA) is 73.6 Å². The number of hydrogen-bond acceptors (Lipinski definition) is 4. The van der Waals surface area contributed by atoms with Crippen molar-refractivity contribution in [2.45, 2.75) is 32.2 Å². The zero-order chi connectivity index (χ0) is 20.3. The lowest BCUT2D eigenvalue weighted by atomic mass is 9.95. The number of halogens is 3. The quantitative estimate of drug-likeness (QED) is 0.834. The van der Waals surface area contributed by atoms with Crippen LogP contribution >= 0.6 is 0 Å². The number of nitriles is 1. The molecule has 3 rings (SSSR count). The maximum absolute atomic E-state index is 12.5. The van der Waals surface area contributed by atoms with Crippen LogP contribution in [0.25, 0.3) is 0 Å². The van der Waals surface area contributed by atoms with Crippen molar-refractivity contribution >= 4 is 11.7 Å². The molecule has 1 aliphatic rings. The Kier molecular flexibility index (Phi) is 5.45. The number of fused-ring (bicyclic) bond motifs is 1. The Labute approximate surface area is 159 Å². The first kappa shape index (κ1) is 19.5. The van der Waals surface area contributed by atoms with E-state index in [9.17, 15) is 23.2 Å². The van der Waals surface area contributed by atoms with E-state index in [1.807, 2.05) is 29.2 Å². The van der Waals surface area contributed by atoms with Crippen LogP contribution in [0.4, 0.5) is 18.9 Å². The van der Waals surface area contributed by atoms with Crippen molar-refractivity contribution in [3.8, 4) is 11.8 Å². The molecule has 0 radical (unpaired) electrons. The zero-order valence-electron chi connectivity index (χ0n) is 14.8. The average Bonchev–Trinajstić information content (AvgIpc) is 2.64. The first-order chi connectivity index (χ1) is 13.2. The molecule has 2 aromatic rings. The van der Waals surface area contributed by atoms with Crippen molar-refractivity contribution in [1.82, 2.24) is 0 Å². The van der Waals surface area contributed by atoms with Gasteiger partial charge >= 0.3 is 12.3 Å². The zero-order valence-corrected chi connectivity index (χ0v) is 14.8. The molecule has 0 atom stereocenters. The summed E-state index contributed by atoms with van der Waals surface area (Å²) in [5, 5.41) is 18.1. The minimum absolute atomic E-state index is 0.0580. The highest BCUT2D eigenvalue weighted by atomic mass is 19.4. The lowest BCUT2D eigenvalue weighted by Gasteiger charge is -2.32. The number of anilines is 1. The number of aliphatic carboxylic acids is 1. The van der Waals surface area contributed by atoms with Crippen LogP contribution in [0, 0.1) is 11.3 Å². The fourth-order valence-electron chi connectivity index (χ4n) is 3.28. The summed E-state index contributed by atoms with van der Waals surface area (Å²) in [7, 11) is 0. The van der Waals surface area contributed by atoms with Crippen molar-refractivity contribution < 1.29 is 27.8 Å². The number of hydrogen-bond donors (Lipinski definition) is 1. The van der Waals surface area contributed by atoms with Gasteiger partial charge in [-0.2, -0.15) is 5.26 Å². The third kappa shape index (κ3) is 4.74. The van der Waals surface area contributed by atoms with Gasteiger partial charge in [-0.25, -0.2) is 0 Å². The van der Waals surface area contributed by atoms with Crippen LogP contribution in [0.3, 0.4) is 0 Å². The summed E-state index contributed by atoms with van der Waals surface area (Å²) in [4.78, 5) is 12.6. The molecule has 0 bridgehead atoms. The van der Waals surface area contributed by atoms with Crippen LogP contribution in [0.2, 0.25) is 0 Å². The summed E-state index contributed by atoms with van der Waals surface area (Å²) in [6.07, 6.45) is -3.65. The SMILES string of the molecule is N#Cc1ccc(OC(F)(F)F)cc1N1CCc2cc(CCC(=O)O)ccc2C1. The number of alkyl halides is 3. The fraction of sp³-hybridized carbons (Fsp3) is 0.300. The summed E-state index contributed by atoms with van der Waals surface area (Å²) in [6, 6.07) is 11.4. The van der Waals surface area contributed by atoms with Crippen LogP contribution in [-0.2, 0) is 24.2 Å². The molecule has 8 heteroatoms. The Balaban J connectivity index is 1.82. The number of carboxylic acid groups (broad SMARTS) is 1. The molecule has 0 amide bonds.